The van der Waals surface area contributed by atoms with Crippen molar-refractivity contribution >= 4 is 16.2 Å². The molecular weight excluding hydrogens is 653 g/mol. The second-order valence-corrected chi connectivity index (χ2v) is 18.7. The average molecular weight is 702 g/mol. The van der Waals surface area contributed by atoms with Gasteiger partial charge >= 0.3 is 16.2 Å². The van der Waals surface area contributed by atoms with Crippen LogP contribution < -0.4 is 0 Å². The molecule has 2 aliphatic heterocycles. The van der Waals surface area contributed by atoms with E-state index in [-0.39, 0.29) is 29.1 Å². The molecule has 2 fully saturated rings. The van der Waals surface area contributed by atoms with Gasteiger partial charge in [0.1, 0.15) is 11.0 Å². The SMILES string of the molecule is CC(C)c1nc2c(c3c1[C@@H](c1ccc(S(F)(F)(F)(F)F)cc1)OC31CCOCC1)[C@@H](OC(C)(C)C(C)(C)C)CC1(CCC1)[C@H]2CC(=O)O. The highest BCUT2D eigenvalue weighted by Gasteiger charge is 2.65. The highest BCUT2D eigenvalue weighted by molar-refractivity contribution is 8.45. The number of fused-ring (bicyclic) bond motifs is 4. The summed E-state index contributed by atoms with van der Waals surface area (Å²) < 4.78 is 88.5. The van der Waals surface area contributed by atoms with Crippen LogP contribution in [-0.2, 0) is 24.6 Å². The summed E-state index contributed by atoms with van der Waals surface area (Å²) in [7, 11) is -9.89. The summed E-state index contributed by atoms with van der Waals surface area (Å²) >= 11 is 0. The van der Waals surface area contributed by atoms with Gasteiger partial charge in [-0.15, -0.1) is 0 Å². The van der Waals surface area contributed by atoms with Gasteiger partial charge in [0.2, 0.25) is 0 Å². The van der Waals surface area contributed by atoms with Gasteiger partial charge < -0.3 is 19.3 Å². The zero-order valence-corrected chi connectivity index (χ0v) is 29.6. The maximum absolute atomic E-state index is 13.7. The van der Waals surface area contributed by atoms with Crippen molar-refractivity contribution in [3.63, 3.8) is 0 Å². The topological polar surface area (TPSA) is 77.9 Å². The van der Waals surface area contributed by atoms with E-state index in [4.69, 9.17) is 19.2 Å². The first-order valence-electron chi connectivity index (χ1n) is 17.0. The summed E-state index contributed by atoms with van der Waals surface area (Å²) in [5.41, 5.74) is 2.03. The second kappa shape index (κ2) is 10.6. The number of rotatable bonds is 7. The van der Waals surface area contributed by atoms with E-state index in [9.17, 15) is 29.3 Å². The normalized spacial score (nSPS) is 26.5. The number of carboxylic acid groups (broad SMARTS) is 1. The largest absolute Gasteiger partial charge is 0.481 e. The minimum absolute atomic E-state index is 0.0814. The molecule has 6 rings (SSSR count). The predicted octanol–water partition coefficient (Wildman–Crippen LogP) is 11.0. The van der Waals surface area contributed by atoms with E-state index >= 15 is 0 Å². The molecular formula is C36H48F5NO5S. The molecule has 48 heavy (non-hydrogen) atoms. The Balaban J connectivity index is 1.64. The Hall–Kier alpha value is -2.28. The lowest BCUT2D eigenvalue weighted by Crippen LogP contribution is -2.48. The number of hydrogen-bond donors (Lipinski definition) is 1. The third-order valence-corrected chi connectivity index (χ3v) is 13.0. The first-order valence-corrected chi connectivity index (χ1v) is 18.9. The highest BCUT2D eigenvalue weighted by Crippen LogP contribution is 3.02. The standard InChI is InChI=1S/C36H48F5NO5S/c1-21(2)30-28-29(36(15-17-45-18-16-36)47-32(28)22-9-11-23(12-10-22)48(37,38,39,40)41)27-25(46-34(6,7)33(3,4)5)20-35(13-8-14-35)24(19-26(43)44)31(27)42-30/h9-12,21,24-25,32H,8,13-20H2,1-7H3,(H,43,44)/t24-,25-,32+/m0/s1. The van der Waals surface area contributed by atoms with E-state index in [2.05, 4.69) is 34.6 Å². The van der Waals surface area contributed by atoms with Gasteiger partial charge in [0.15, 0.2) is 0 Å². The molecule has 2 aliphatic carbocycles. The lowest BCUT2D eigenvalue weighted by Gasteiger charge is -2.55. The molecule has 268 valence electrons. The number of carbonyl (C=O) groups is 1. The maximum atomic E-state index is 13.7. The minimum Gasteiger partial charge on any atom is -0.481 e. The fraction of sp³-hybridized carbons (Fsp3) is 0.667. The number of halogens is 5. The zero-order chi connectivity index (χ0) is 35.4. The van der Waals surface area contributed by atoms with Crippen LogP contribution in [0, 0.1) is 10.8 Å². The number of aromatic nitrogens is 1. The van der Waals surface area contributed by atoms with Crippen LogP contribution in [0.3, 0.4) is 0 Å². The number of benzene rings is 1. The van der Waals surface area contributed by atoms with E-state index in [0.717, 1.165) is 42.5 Å². The van der Waals surface area contributed by atoms with Crippen molar-refractivity contribution in [1.82, 2.24) is 4.98 Å². The van der Waals surface area contributed by atoms with Gasteiger partial charge in [0, 0.05) is 48.8 Å². The first-order chi connectivity index (χ1) is 21.9. The molecule has 1 aromatic heterocycles. The third kappa shape index (κ3) is 5.96. The Bertz CT molecular complexity index is 1610. The molecule has 3 heterocycles. The van der Waals surface area contributed by atoms with Crippen LogP contribution in [0.5, 0.6) is 0 Å². The van der Waals surface area contributed by atoms with Gasteiger partial charge in [0.05, 0.1) is 29.4 Å². The molecule has 2 aromatic rings. The van der Waals surface area contributed by atoms with Crippen molar-refractivity contribution in [2.24, 2.45) is 10.8 Å². The summed E-state index contributed by atoms with van der Waals surface area (Å²) in [5, 5.41) is 10.2. The van der Waals surface area contributed by atoms with Gasteiger partial charge in [-0.3, -0.25) is 9.78 Å². The Morgan fingerprint density at radius 2 is 1.60 bits per heavy atom. The summed E-state index contributed by atoms with van der Waals surface area (Å²) in [6.45, 7) is 15.2. The summed E-state index contributed by atoms with van der Waals surface area (Å²) in [4.78, 5) is 15.8. The van der Waals surface area contributed by atoms with Gasteiger partial charge in [-0.05, 0) is 73.1 Å². The molecule has 2 spiro atoms. The molecule has 4 aliphatic rings. The molecule has 6 nitrogen and oxygen atoms in total. The molecule has 1 N–H and O–H groups in total. The van der Waals surface area contributed by atoms with Crippen LogP contribution in [-0.4, -0.2) is 34.9 Å². The van der Waals surface area contributed by atoms with Crippen LogP contribution in [0.1, 0.15) is 151 Å². The lowest BCUT2D eigenvalue weighted by atomic mass is 9.52. The number of ether oxygens (including phenoxy) is 3. The van der Waals surface area contributed by atoms with E-state index in [1.807, 2.05) is 13.8 Å². The molecule has 1 aromatic carbocycles. The van der Waals surface area contributed by atoms with Crippen LogP contribution in [0.2, 0.25) is 0 Å². The number of carboxylic acids is 1. The smallest absolute Gasteiger partial charge is 0.310 e. The number of hydrogen-bond acceptors (Lipinski definition) is 5. The predicted molar refractivity (Wildman–Crippen MR) is 174 cm³/mol. The summed E-state index contributed by atoms with van der Waals surface area (Å²) in [6, 6.07) is 3.04. The first kappa shape index (κ1) is 35.5. The molecule has 1 saturated heterocycles. The molecule has 0 bridgehead atoms. The quantitative estimate of drug-likeness (QED) is 0.290. The molecule has 3 atom stereocenters. The summed E-state index contributed by atoms with van der Waals surface area (Å²) in [5.74, 6) is -1.42. The van der Waals surface area contributed by atoms with Crippen molar-refractivity contribution in [2.45, 2.75) is 134 Å². The van der Waals surface area contributed by atoms with E-state index in [1.54, 1.807) is 0 Å². The highest BCUT2D eigenvalue weighted by atomic mass is 32.5. The van der Waals surface area contributed by atoms with Crippen molar-refractivity contribution < 1.29 is 43.5 Å². The Kier molecular flexibility index (Phi) is 7.86. The van der Waals surface area contributed by atoms with Crippen LogP contribution in [0.25, 0.3) is 0 Å². The molecule has 1 saturated carbocycles. The lowest BCUT2D eigenvalue weighted by molar-refractivity contribution is -0.162. The fourth-order valence-corrected chi connectivity index (χ4v) is 8.84. The van der Waals surface area contributed by atoms with Crippen molar-refractivity contribution in [3.8, 4) is 0 Å². The fourth-order valence-electron chi connectivity index (χ4n) is 8.19. The monoisotopic (exact) mass is 701 g/mol. The van der Waals surface area contributed by atoms with Crippen LogP contribution >= 0.6 is 10.2 Å². The minimum atomic E-state index is -9.89. The van der Waals surface area contributed by atoms with Gasteiger partial charge in [-0.25, -0.2) is 0 Å². The average Bonchev–Trinajstić information content (AvgIpc) is 3.25. The van der Waals surface area contributed by atoms with Gasteiger partial charge in [0.25, 0.3) is 0 Å². The maximum Gasteiger partial charge on any atom is 0.310 e. The summed E-state index contributed by atoms with van der Waals surface area (Å²) in [6.07, 6.45) is 2.85. The Labute approximate surface area is 279 Å². The molecule has 0 unspecified atom stereocenters. The second-order valence-electron chi connectivity index (χ2n) is 16.3. The van der Waals surface area contributed by atoms with Crippen molar-refractivity contribution in [1.29, 1.82) is 0 Å². The Morgan fingerprint density at radius 1 is 1.00 bits per heavy atom. The van der Waals surface area contributed by atoms with Crippen molar-refractivity contribution in [3.05, 3.63) is 57.9 Å². The van der Waals surface area contributed by atoms with Crippen molar-refractivity contribution in [2.75, 3.05) is 13.2 Å². The molecule has 0 amide bonds. The molecule has 0 radical (unpaired) electrons. The van der Waals surface area contributed by atoms with Gasteiger partial charge in [-0.1, -0.05) is 72.6 Å². The third-order valence-electron chi connectivity index (χ3n) is 11.8. The van der Waals surface area contributed by atoms with Crippen LogP contribution in [0.4, 0.5) is 19.4 Å². The Morgan fingerprint density at radius 3 is 2.08 bits per heavy atom. The van der Waals surface area contributed by atoms with Gasteiger partial charge in [-0.2, -0.15) is 0 Å². The zero-order valence-electron chi connectivity index (χ0n) is 28.8. The van der Waals surface area contributed by atoms with E-state index in [1.165, 1.54) is 0 Å². The number of aliphatic carboxylic acids is 1. The number of nitrogens with zero attached hydrogens (tertiary/aromatic N) is 1. The molecule has 12 heteroatoms. The van der Waals surface area contributed by atoms with E-state index in [0.29, 0.717) is 67.1 Å². The number of pyridine rings is 1. The van der Waals surface area contributed by atoms with Crippen LogP contribution in [0.15, 0.2) is 29.2 Å². The van der Waals surface area contributed by atoms with E-state index < -0.39 is 44.5 Å².